The average molecular weight is 228 g/mol. The predicted octanol–water partition coefficient (Wildman–Crippen LogP) is 1.48. The Morgan fingerprint density at radius 1 is 1.53 bits per heavy atom. The van der Waals surface area contributed by atoms with E-state index in [1.165, 1.54) is 6.42 Å². The minimum atomic E-state index is 0.168. The zero-order chi connectivity index (χ0) is 10.7. The first-order valence-corrected chi connectivity index (χ1v) is 5.55. The van der Waals surface area contributed by atoms with E-state index in [1.807, 2.05) is 6.07 Å². The fraction of sp³-hybridized carbons (Fsp3) is 0.600. The van der Waals surface area contributed by atoms with Gasteiger partial charge in [0.25, 0.3) is 0 Å². The topological polar surface area (TPSA) is 49.2 Å². The molecule has 0 aromatic carbocycles. The van der Waals surface area contributed by atoms with E-state index in [9.17, 15) is 5.11 Å². The molecule has 2 heterocycles. The lowest BCUT2D eigenvalue weighted by Gasteiger charge is -2.35. The number of halogens is 1. The van der Waals surface area contributed by atoms with Crippen LogP contribution in [0, 0.1) is 0 Å². The Balaban J connectivity index is 2.20. The maximum atomic E-state index is 9.27. The van der Waals surface area contributed by atoms with E-state index in [-0.39, 0.29) is 17.9 Å². The van der Waals surface area contributed by atoms with E-state index >= 15 is 0 Å². The fourth-order valence-corrected chi connectivity index (χ4v) is 2.12. The van der Waals surface area contributed by atoms with Gasteiger partial charge < -0.3 is 10.0 Å². The second-order valence-corrected chi connectivity index (χ2v) is 4.05. The molecule has 2 rings (SSSR count). The smallest absolute Gasteiger partial charge is 0.224 e. The summed E-state index contributed by atoms with van der Waals surface area (Å²) in [4.78, 5) is 10.1. The molecule has 1 saturated heterocycles. The van der Waals surface area contributed by atoms with Crippen LogP contribution in [0.2, 0.25) is 5.28 Å². The summed E-state index contributed by atoms with van der Waals surface area (Å²) in [6.45, 7) is 1.10. The van der Waals surface area contributed by atoms with Crippen LogP contribution in [0.15, 0.2) is 12.3 Å². The van der Waals surface area contributed by atoms with Gasteiger partial charge in [0.05, 0.1) is 12.6 Å². The lowest BCUT2D eigenvalue weighted by Crippen LogP contribution is -2.42. The van der Waals surface area contributed by atoms with Crippen LogP contribution in [0.5, 0.6) is 0 Å². The molecule has 4 nitrogen and oxygen atoms in total. The molecule has 1 N–H and O–H groups in total. The van der Waals surface area contributed by atoms with Crippen LogP contribution in [0.1, 0.15) is 19.3 Å². The molecule has 1 aliphatic heterocycles. The minimum absolute atomic E-state index is 0.168. The van der Waals surface area contributed by atoms with Crippen molar-refractivity contribution in [2.45, 2.75) is 25.3 Å². The molecule has 5 heteroatoms. The van der Waals surface area contributed by atoms with Gasteiger partial charge in [-0.2, -0.15) is 0 Å². The molecule has 1 unspecified atom stereocenters. The summed E-state index contributed by atoms with van der Waals surface area (Å²) in [5.41, 5.74) is 0. The Morgan fingerprint density at radius 3 is 3.13 bits per heavy atom. The highest BCUT2D eigenvalue weighted by atomic mass is 35.5. The molecular weight excluding hydrogens is 214 g/mol. The maximum absolute atomic E-state index is 9.27. The van der Waals surface area contributed by atoms with Crippen LogP contribution in [0.25, 0.3) is 0 Å². The molecule has 1 aliphatic rings. The van der Waals surface area contributed by atoms with Crippen LogP contribution in [-0.2, 0) is 0 Å². The quantitative estimate of drug-likeness (QED) is 0.778. The molecule has 0 bridgehead atoms. The summed E-state index contributed by atoms with van der Waals surface area (Å²) < 4.78 is 0. The molecule has 1 fully saturated rings. The number of aromatic nitrogens is 2. The van der Waals surface area contributed by atoms with Crippen LogP contribution in [-0.4, -0.2) is 34.3 Å². The lowest BCUT2D eigenvalue weighted by molar-refractivity contribution is 0.239. The second kappa shape index (κ2) is 4.77. The molecule has 0 spiro atoms. The van der Waals surface area contributed by atoms with Gasteiger partial charge in [-0.1, -0.05) is 0 Å². The molecule has 0 amide bonds. The summed E-state index contributed by atoms with van der Waals surface area (Å²) >= 11 is 5.74. The Morgan fingerprint density at radius 2 is 2.40 bits per heavy atom. The molecule has 1 atom stereocenters. The summed E-state index contributed by atoms with van der Waals surface area (Å²) in [6, 6.07) is 2.00. The molecule has 0 radical (unpaired) electrons. The average Bonchev–Trinajstić information content (AvgIpc) is 2.29. The monoisotopic (exact) mass is 227 g/mol. The van der Waals surface area contributed by atoms with E-state index in [4.69, 9.17) is 11.6 Å². The number of aliphatic hydroxyl groups excluding tert-OH is 1. The first kappa shape index (κ1) is 10.6. The third-order valence-electron chi connectivity index (χ3n) is 2.74. The van der Waals surface area contributed by atoms with Crippen molar-refractivity contribution in [3.8, 4) is 0 Å². The van der Waals surface area contributed by atoms with Gasteiger partial charge in [0, 0.05) is 12.7 Å². The SMILES string of the molecule is OCC1CCCCN1c1ccnc(Cl)n1. The summed E-state index contributed by atoms with van der Waals surface area (Å²) in [5.74, 6) is 0.814. The van der Waals surface area contributed by atoms with Crippen molar-refractivity contribution in [1.29, 1.82) is 0 Å². The molecular formula is C10H14ClN3O. The standard InChI is InChI=1S/C10H14ClN3O/c11-10-12-5-4-9(13-10)14-6-2-1-3-8(14)7-15/h4-5,8,15H,1-3,6-7H2. The van der Waals surface area contributed by atoms with Crippen LogP contribution >= 0.6 is 11.6 Å². The number of hydrogen-bond acceptors (Lipinski definition) is 4. The van der Waals surface area contributed by atoms with Gasteiger partial charge in [-0.05, 0) is 36.9 Å². The number of nitrogens with zero attached hydrogens (tertiary/aromatic N) is 3. The van der Waals surface area contributed by atoms with Crippen molar-refractivity contribution in [2.75, 3.05) is 18.1 Å². The second-order valence-electron chi connectivity index (χ2n) is 3.71. The number of anilines is 1. The van der Waals surface area contributed by atoms with Gasteiger partial charge in [0.15, 0.2) is 0 Å². The molecule has 82 valence electrons. The van der Waals surface area contributed by atoms with Gasteiger partial charge in [0.2, 0.25) is 5.28 Å². The Hall–Kier alpha value is -0.870. The normalized spacial score (nSPS) is 21.7. The van der Waals surface area contributed by atoms with E-state index in [1.54, 1.807) is 6.20 Å². The highest BCUT2D eigenvalue weighted by molar-refractivity contribution is 6.28. The molecule has 1 aromatic rings. The van der Waals surface area contributed by atoms with Gasteiger partial charge in [-0.15, -0.1) is 0 Å². The van der Waals surface area contributed by atoms with E-state index in [0.29, 0.717) is 0 Å². The van der Waals surface area contributed by atoms with Crippen molar-refractivity contribution < 1.29 is 5.11 Å². The van der Waals surface area contributed by atoms with E-state index in [0.717, 1.165) is 25.2 Å². The van der Waals surface area contributed by atoms with Crippen molar-refractivity contribution in [3.05, 3.63) is 17.5 Å². The van der Waals surface area contributed by atoms with Crippen molar-refractivity contribution in [2.24, 2.45) is 0 Å². The number of hydrogen-bond donors (Lipinski definition) is 1. The van der Waals surface area contributed by atoms with Crippen molar-refractivity contribution >= 4 is 17.4 Å². The van der Waals surface area contributed by atoms with Gasteiger partial charge in [-0.3, -0.25) is 0 Å². The number of piperidine rings is 1. The zero-order valence-corrected chi connectivity index (χ0v) is 9.19. The number of aliphatic hydroxyl groups is 1. The summed E-state index contributed by atoms with van der Waals surface area (Å²) in [6.07, 6.45) is 4.96. The third-order valence-corrected chi connectivity index (χ3v) is 2.93. The Bertz CT molecular complexity index is 334. The third kappa shape index (κ3) is 2.38. The molecule has 0 saturated carbocycles. The molecule has 15 heavy (non-hydrogen) atoms. The minimum Gasteiger partial charge on any atom is -0.394 e. The zero-order valence-electron chi connectivity index (χ0n) is 8.43. The maximum Gasteiger partial charge on any atom is 0.224 e. The van der Waals surface area contributed by atoms with Crippen LogP contribution in [0.3, 0.4) is 0 Å². The van der Waals surface area contributed by atoms with Gasteiger partial charge in [-0.25, -0.2) is 9.97 Å². The Kier molecular flexibility index (Phi) is 3.38. The van der Waals surface area contributed by atoms with Crippen molar-refractivity contribution in [3.63, 3.8) is 0 Å². The van der Waals surface area contributed by atoms with Gasteiger partial charge in [0.1, 0.15) is 5.82 Å². The number of rotatable bonds is 2. The highest BCUT2D eigenvalue weighted by Crippen LogP contribution is 2.23. The van der Waals surface area contributed by atoms with E-state index < -0.39 is 0 Å². The Labute approximate surface area is 93.9 Å². The van der Waals surface area contributed by atoms with Crippen LogP contribution in [0.4, 0.5) is 5.82 Å². The summed E-state index contributed by atoms with van der Waals surface area (Å²) in [5, 5.41) is 9.53. The summed E-state index contributed by atoms with van der Waals surface area (Å²) in [7, 11) is 0. The highest BCUT2D eigenvalue weighted by Gasteiger charge is 2.22. The first-order chi connectivity index (χ1) is 7.31. The molecule has 1 aromatic heterocycles. The molecule has 0 aliphatic carbocycles. The first-order valence-electron chi connectivity index (χ1n) is 5.17. The fourth-order valence-electron chi connectivity index (χ4n) is 1.98. The van der Waals surface area contributed by atoms with E-state index in [2.05, 4.69) is 14.9 Å². The van der Waals surface area contributed by atoms with Gasteiger partial charge >= 0.3 is 0 Å². The predicted molar refractivity (Wildman–Crippen MR) is 59.1 cm³/mol. The van der Waals surface area contributed by atoms with Crippen LogP contribution < -0.4 is 4.90 Å². The largest absolute Gasteiger partial charge is 0.394 e. The van der Waals surface area contributed by atoms with Crippen molar-refractivity contribution in [1.82, 2.24) is 9.97 Å². The lowest BCUT2D eigenvalue weighted by atomic mass is 10.0.